The highest BCUT2D eigenvalue weighted by atomic mass is 35.5. The third-order valence-electron chi connectivity index (χ3n) is 10.7. The molecule has 2 aliphatic rings. The van der Waals surface area contributed by atoms with Crippen LogP contribution in [-0.4, -0.2) is 175 Å². The number of carbonyl (C=O) groups is 3. The molecule has 0 unspecified atom stereocenters. The molecule has 2 heterocycles. The molecule has 0 atom stereocenters. The van der Waals surface area contributed by atoms with E-state index in [1.165, 1.54) is 24.2 Å². The smallest absolute Gasteiger partial charge is 0.263 e. The number of carbonyl (C=O) groups excluding carboxylic acids is 3. The SMILES string of the molecule is CN(CCOCCOCCOCCOCCOCCOCCC(=O)NC(CO)(CO)CO)C(=O)CCc1cc(Cl)c(Oc2sccc2C(=O)N2CCN(C3CC3)c3ccccc32)cc1Cl. The van der Waals surface area contributed by atoms with Gasteiger partial charge in [-0.05, 0) is 54.5 Å². The average Bonchev–Trinajstić information content (AvgIpc) is 4.06. The first-order valence-corrected chi connectivity index (χ1v) is 23.5. The van der Waals surface area contributed by atoms with Crippen LogP contribution in [0.3, 0.4) is 0 Å². The highest BCUT2D eigenvalue weighted by Crippen LogP contribution is 2.42. The number of rotatable bonds is 32. The molecule has 0 radical (unpaired) electrons. The number of hydrogen-bond acceptors (Lipinski definition) is 15. The number of thiophene rings is 1. The van der Waals surface area contributed by atoms with Gasteiger partial charge in [-0.15, -0.1) is 11.3 Å². The highest BCUT2D eigenvalue weighted by Gasteiger charge is 2.36. The molecular weight excluding hydrogens is 907 g/mol. The van der Waals surface area contributed by atoms with Crippen molar-refractivity contribution in [1.29, 1.82) is 0 Å². The number of amides is 3. The van der Waals surface area contributed by atoms with Gasteiger partial charge < -0.3 is 68.5 Å². The monoisotopic (exact) mass is 968 g/mol. The van der Waals surface area contributed by atoms with Crippen molar-refractivity contribution in [2.24, 2.45) is 0 Å². The molecule has 4 N–H and O–H groups in total. The Morgan fingerprint density at radius 1 is 0.754 bits per heavy atom. The van der Waals surface area contributed by atoms with Crippen molar-refractivity contribution in [3.05, 3.63) is 69.0 Å². The standard InChI is InChI=1S/C45H62Cl2N4O13S/c1-49(14-16-59-18-20-61-22-24-63-26-25-62-23-21-60-19-17-58-15-10-41(55)48-45(30-52,31-53)32-54)42(56)9-6-33-28-37(47)40(29-36(33)46)64-44-35(11-27-65-44)43(57)51-13-12-50(34-7-8-34)38-4-2-3-5-39(38)51/h2-5,11,27-29,34,52-54H,6-10,12-26,30-32H2,1H3,(H,48,55). The lowest BCUT2D eigenvalue weighted by molar-refractivity contribution is -0.130. The van der Waals surface area contributed by atoms with E-state index in [0.717, 1.165) is 17.9 Å². The van der Waals surface area contributed by atoms with E-state index in [4.69, 9.17) is 56.4 Å². The van der Waals surface area contributed by atoms with Crippen molar-refractivity contribution in [3.8, 4) is 10.8 Å². The number of hydrogen-bond donors (Lipinski definition) is 4. The summed E-state index contributed by atoms with van der Waals surface area (Å²) in [6.07, 6.45) is 2.98. The van der Waals surface area contributed by atoms with Gasteiger partial charge in [-0.2, -0.15) is 0 Å². The van der Waals surface area contributed by atoms with Gasteiger partial charge in [0, 0.05) is 56.7 Å². The van der Waals surface area contributed by atoms with Gasteiger partial charge in [0.25, 0.3) is 5.91 Å². The first-order valence-electron chi connectivity index (χ1n) is 21.8. The van der Waals surface area contributed by atoms with Crippen molar-refractivity contribution in [2.45, 2.75) is 43.7 Å². The molecule has 0 bridgehead atoms. The summed E-state index contributed by atoms with van der Waals surface area (Å²) in [7, 11) is 1.72. The summed E-state index contributed by atoms with van der Waals surface area (Å²) in [6, 6.07) is 13.7. The third kappa shape index (κ3) is 16.6. The Balaban J connectivity index is 0.856. The van der Waals surface area contributed by atoms with E-state index in [9.17, 15) is 29.7 Å². The van der Waals surface area contributed by atoms with Crippen LogP contribution in [0.1, 0.15) is 41.6 Å². The van der Waals surface area contributed by atoms with Crippen molar-refractivity contribution >= 4 is 63.6 Å². The van der Waals surface area contributed by atoms with Gasteiger partial charge in [0.15, 0.2) is 5.06 Å². The molecule has 20 heteroatoms. The number of ether oxygens (including phenoxy) is 7. The minimum absolute atomic E-state index is 0.0113. The second kappa shape index (κ2) is 27.9. The van der Waals surface area contributed by atoms with Crippen LogP contribution in [0, 0.1) is 0 Å². The molecule has 3 amide bonds. The van der Waals surface area contributed by atoms with Gasteiger partial charge in [0.05, 0.1) is 121 Å². The molecule has 17 nitrogen and oxygen atoms in total. The van der Waals surface area contributed by atoms with E-state index >= 15 is 0 Å². The molecule has 1 saturated carbocycles. The Bertz CT molecular complexity index is 1930. The third-order valence-corrected chi connectivity index (χ3v) is 12.1. The summed E-state index contributed by atoms with van der Waals surface area (Å²) in [6.45, 7) is 4.26. The van der Waals surface area contributed by atoms with Crippen molar-refractivity contribution in [2.75, 3.05) is 136 Å². The average molecular weight is 970 g/mol. The lowest BCUT2D eigenvalue weighted by Gasteiger charge is -2.38. The molecule has 1 aliphatic carbocycles. The molecule has 1 aliphatic heterocycles. The number of aliphatic hydroxyl groups excluding tert-OH is 3. The van der Waals surface area contributed by atoms with E-state index in [1.54, 1.807) is 30.1 Å². The molecule has 1 aromatic heterocycles. The zero-order chi connectivity index (χ0) is 46.4. The first kappa shape index (κ1) is 52.3. The normalized spacial score (nSPS) is 13.8. The summed E-state index contributed by atoms with van der Waals surface area (Å²) in [4.78, 5) is 44.5. The van der Waals surface area contributed by atoms with E-state index in [0.29, 0.717) is 124 Å². The first-order chi connectivity index (χ1) is 31.6. The van der Waals surface area contributed by atoms with Crippen LogP contribution < -0.4 is 19.9 Å². The largest absolute Gasteiger partial charge is 0.444 e. The zero-order valence-corrected chi connectivity index (χ0v) is 39.2. The molecule has 0 saturated heterocycles. The number of halogens is 2. The maximum Gasteiger partial charge on any atom is 0.263 e. The fourth-order valence-corrected chi connectivity index (χ4v) is 7.95. The Kier molecular flexibility index (Phi) is 22.4. The number of para-hydroxylation sites is 2. The molecule has 360 valence electrons. The molecule has 0 spiro atoms. The number of nitrogens with zero attached hydrogens (tertiary/aromatic N) is 3. The predicted octanol–water partition coefficient (Wildman–Crippen LogP) is 4.19. The topological polar surface area (TPSA) is 198 Å². The lowest BCUT2D eigenvalue weighted by atomic mass is 10.0. The van der Waals surface area contributed by atoms with Crippen molar-refractivity contribution in [3.63, 3.8) is 0 Å². The van der Waals surface area contributed by atoms with Gasteiger partial charge >= 0.3 is 0 Å². The van der Waals surface area contributed by atoms with Crippen LogP contribution in [0.15, 0.2) is 47.8 Å². The Morgan fingerprint density at radius 3 is 1.91 bits per heavy atom. The molecule has 1 fully saturated rings. The summed E-state index contributed by atoms with van der Waals surface area (Å²) in [5.41, 5.74) is 1.70. The fraction of sp³-hybridized carbons (Fsp3) is 0.578. The number of anilines is 2. The zero-order valence-electron chi connectivity index (χ0n) is 36.9. The number of aliphatic hydroxyl groups is 3. The van der Waals surface area contributed by atoms with Crippen LogP contribution in [-0.2, 0) is 44.4 Å². The Labute approximate surface area is 394 Å². The van der Waals surface area contributed by atoms with Crippen LogP contribution in [0.25, 0.3) is 0 Å². The van der Waals surface area contributed by atoms with E-state index in [-0.39, 0.29) is 37.9 Å². The minimum atomic E-state index is -1.45. The van der Waals surface area contributed by atoms with E-state index < -0.39 is 31.3 Å². The lowest BCUT2D eigenvalue weighted by Crippen LogP contribution is -2.57. The predicted molar refractivity (Wildman–Crippen MR) is 247 cm³/mol. The van der Waals surface area contributed by atoms with Gasteiger partial charge in [-0.3, -0.25) is 14.4 Å². The molecule has 65 heavy (non-hydrogen) atoms. The van der Waals surface area contributed by atoms with Crippen LogP contribution >= 0.6 is 34.5 Å². The number of nitrogens with one attached hydrogen (secondary N) is 1. The maximum absolute atomic E-state index is 13.9. The van der Waals surface area contributed by atoms with Crippen LogP contribution in [0.4, 0.5) is 11.4 Å². The van der Waals surface area contributed by atoms with Crippen molar-refractivity contribution in [1.82, 2.24) is 10.2 Å². The summed E-state index contributed by atoms with van der Waals surface area (Å²) < 4.78 is 39.1. The summed E-state index contributed by atoms with van der Waals surface area (Å²) in [5.74, 6) is -0.322. The highest BCUT2D eigenvalue weighted by molar-refractivity contribution is 7.12. The molecule has 3 aromatic rings. The fourth-order valence-electron chi connectivity index (χ4n) is 6.73. The van der Waals surface area contributed by atoms with Gasteiger partial charge in [0.2, 0.25) is 11.8 Å². The maximum atomic E-state index is 13.9. The molecule has 2 aromatic carbocycles. The van der Waals surface area contributed by atoms with Crippen LogP contribution in [0.5, 0.6) is 10.8 Å². The second-order valence-corrected chi connectivity index (χ2v) is 17.2. The van der Waals surface area contributed by atoms with E-state index in [2.05, 4.69) is 16.3 Å². The molecule has 5 rings (SSSR count). The summed E-state index contributed by atoms with van der Waals surface area (Å²) >= 11 is 14.6. The van der Waals surface area contributed by atoms with Crippen molar-refractivity contribution < 1.29 is 62.9 Å². The number of fused-ring (bicyclic) bond motifs is 1. The van der Waals surface area contributed by atoms with Gasteiger partial charge in [-0.25, -0.2) is 0 Å². The summed E-state index contributed by atoms with van der Waals surface area (Å²) in [5, 5.41) is 33.2. The van der Waals surface area contributed by atoms with Crippen LogP contribution in [0.2, 0.25) is 10.0 Å². The Morgan fingerprint density at radius 2 is 1.32 bits per heavy atom. The number of aryl methyl sites for hydroxylation is 1. The number of likely N-dealkylation sites (N-methyl/N-ethyl adjacent to an activating group) is 1. The minimum Gasteiger partial charge on any atom is -0.444 e. The number of benzene rings is 2. The quantitative estimate of drug-likeness (QED) is 0.0650. The Hall–Kier alpha value is -3.63. The van der Waals surface area contributed by atoms with Gasteiger partial charge in [0.1, 0.15) is 11.3 Å². The van der Waals surface area contributed by atoms with Gasteiger partial charge in [-0.1, -0.05) is 35.3 Å². The second-order valence-electron chi connectivity index (χ2n) is 15.5. The molecular formula is C45H62Cl2N4O13S. The van der Waals surface area contributed by atoms with E-state index in [1.807, 2.05) is 28.5 Å².